The molecule has 2 bridgehead atoms. The van der Waals surface area contributed by atoms with Crippen molar-refractivity contribution in [3.8, 4) is 5.69 Å². The van der Waals surface area contributed by atoms with Crippen LogP contribution in [0, 0.1) is 0 Å². The zero-order valence-electron chi connectivity index (χ0n) is 17.6. The van der Waals surface area contributed by atoms with Gasteiger partial charge in [-0.3, -0.25) is 9.36 Å². The number of nitrogens with one attached hydrogen (secondary N) is 1. The molecule has 3 aromatic rings. The molecule has 3 aliphatic rings. The van der Waals surface area contributed by atoms with Gasteiger partial charge in [-0.1, -0.05) is 18.2 Å². The highest BCUT2D eigenvalue weighted by atomic mass is 35.5. The summed E-state index contributed by atoms with van der Waals surface area (Å²) < 4.78 is 8.20. The van der Waals surface area contributed by atoms with Crippen LogP contribution in [0.3, 0.4) is 0 Å². The average Bonchev–Trinajstić information content (AvgIpc) is 3.36. The second kappa shape index (κ2) is 8.98. The highest BCUT2D eigenvalue weighted by Gasteiger charge is 2.47. The van der Waals surface area contributed by atoms with E-state index in [1.54, 1.807) is 12.5 Å². The first-order valence-electron chi connectivity index (χ1n) is 10.8. The van der Waals surface area contributed by atoms with Crippen LogP contribution in [0.5, 0.6) is 0 Å². The molecular formula is C23H27Cl2N5O2. The predicted molar refractivity (Wildman–Crippen MR) is 127 cm³/mol. The van der Waals surface area contributed by atoms with Crippen molar-refractivity contribution < 1.29 is 9.53 Å². The minimum Gasteiger partial charge on any atom is -0.371 e. The summed E-state index contributed by atoms with van der Waals surface area (Å²) in [5.41, 5.74) is 2.88. The molecule has 1 N–H and O–H groups in total. The number of nitrogens with zero attached hydrogens (tertiary/aromatic N) is 4. The molecule has 0 saturated carbocycles. The number of imidazole rings is 1. The number of morpholine rings is 1. The number of para-hydroxylation sites is 1. The molecule has 0 aliphatic carbocycles. The monoisotopic (exact) mass is 475 g/mol. The van der Waals surface area contributed by atoms with E-state index in [-0.39, 0.29) is 36.3 Å². The number of pyridine rings is 1. The van der Waals surface area contributed by atoms with E-state index in [1.807, 2.05) is 45.9 Å². The molecule has 3 aliphatic heterocycles. The van der Waals surface area contributed by atoms with Gasteiger partial charge in [0, 0.05) is 30.5 Å². The van der Waals surface area contributed by atoms with Crippen LogP contribution < -0.4 is 5.32 Å². The van der Waals surface area contributed by atoms with E-state index >= 15 is 0 Å². The standard InChI is InChI=1S/C23H25N5O2.2ClH/c29-22(27-8-9-30-23(14-27)11-17-6-7-18(12-23)26-17)16-10-20-21(24-13-16)28(15-25-20)19-4-2-1-3-5-19;;/h1-5,10,13,15,17-18,26H,6-9,11-12,14H2;2*1H/t17-,18+,23?;;. The molecule has 32 heavy (non-hydrogen) atoms. The number of hydrogen-bond donors (Lipinski definition) is 1. The SMILES string of the molecule is Cl.Cl.O=C(c1cnc2c(c1)ncn2-c1ccccc1)N1CCOC2(C[C@H]3CC[C@@H](C2)N3)C1. The Morgan fingerprint density at radius 2 is 1.84 bits per heavy atom. The predicted octanol–water partition coefficient (Wildman–Crippen LogP) is 3.39. The van der Waals surface area contributed by atoms with Gasteiger partial charge in [0.05, 0.1) is 24.3 Å². The maximum absolute atomic E-state index is 13.3. The lowest BCUT2D eigenvalue weighted by Gasteiger charge is -2.47. The van der Waals surface area contributed by atoms with Crippen molar-refractivity contribution in [2.45, 2.75) is 43.4 Å². The first-order chi connectivity index (χ1) is 14.7. The van der Waals surface area contributed by atoms with Crippen LogP contribution >= 0.6 is 24.8 Å². The lowest BCUT2D eigenvalue weighted by atomic mass is 9.85. The first-order valence-corrected chi connectivity index (χ1v) is 10.8. The van der Waals surface area contributed by atoms with E-state index in [4.69, 9.17) is 4.74 Å². The fourth-order valence-corrected chi connectivity index (χ4v) is 5.45. The van der Waals surface area contributed by atoms with Crippen LogP contribution in [-0.4, -0.2) is 62.7 Å². The molecule has 5 heterocycles. The Labute approximate surface area is 199 Å². The summed E-state index contributed by atoms with van der Waals surface area (Å²) >= 11 is 0. The van der Waals surface area contributed by atoms with E-state index in [0.29, 0.717) is 37.3 Å². The van der Waals surface area contributed by atoms with Gasteiger partial charge < -0.3 is 15.0 Å². The van der Waals surface area contributed by atoms with E-state index in [2.05, 4.69) is 15.3 Å². The van der Waals surface area contributed by atoms with Gasteiger partial charge in [0.2, 0.25) is 0 Å². The van der Waals surface area contributed by atoms with Gasteiger partial charge in [0.25, 0.3) is 5.91 Å². The Balaban J connectivity index is 0.00000122. The van der Waals surface area contributed by atoms with Crippen LogP contribution in [-0.2, 0) is 4.74 Å². The number of benzene rings is 1. The highest BCUT2D eigenvalue weighted by molar-refractivity contribution is 5.96. The number of amides is 1. The van der Waals surface area contributed by atoms with Crippen molar-refractivity contribution in [1.82, 2.24) is 24.8 Å². The molecule has 9 heteroatoms. The number of rotatable bonds is 2. The van der Waals surface area contributed by atoms with Gasteiger partial charge in [-0.2, -0.15) is 0 Å². The van der Waals surface area contributed by atoms with Crippen molar-refractivity contribution in [2.24, 2.45) is 0 Å². The van der Waals surface area contributed by atoms with Gasteiger partial charge >= 0.3 is 0 Å². The number of piperidine rings is 1. The molecule has 1 unspecified atom stereocenters. The smallest absolute Gasteiger partial charge is 0.255 e. The minimum absolute atomic E-state index is 0. The average molecular weight is 476 g/mol. The summed E-state index contributed by atoms with van der Waals surface area (Å²) in [4.78, 5) is 24.3. The number of ether oxygens (including phenoxy) is 1. The summed E-state index contributed by atoms with van der Waals surface area (Å²) in [5.74, 6) is 0.0206. The summed E-state index contributed by atoms with van der Waals surface area (Å²) in [7, 11) is 0. The van der Waals surface area contributed by atoms with Gasteiger partial charge in [0.15, 0.2) is 5.65 Å². The normalized spacial score (nSPS) is 26.6. The van der Waals surface area contributed by atoms with Gasteiger partial charge in [-0.25, -0.2) is 9.97 Å². The summed E-state index contributed by atoms with van der Waals surface area (Å²) in [6.07, 6.45) is 7.86. The maximum atomic E-state index is 13.3. The van der Waals surface area contributed by atoms with Crippen LogP contribution in [0.15, 0.2) is 48.9 Å². The van der Waals surface area contributed by atoms with Gasteiger partial charge in [-0.15, -0.1) is 24.8 Å². The Morgan fingerprint density at radius 1 is 1.09 bits per heavy atom. The summed E-state index contributed by atoms with van der Waals surface area (Å²) in [6.45, 7) is 1.89. The molecule has 7 nitrogen and oxygen atoms in total. The quantitative estimate of drug-likeness (QED) is 0.614. The molecule has 3 atom stereocenters. The van der Waals surface area contributed by atoms with Crippen molar-refractivity contribution in [2.75, 3.05) is 19.7 Å². The number of halogens is 2. The van der Waals surface area contributed by atoms with E-state index < -0.39 is 0 Å². The molecule has 3 fully saturated rings. The minimum atomic E-state index is -0.197. The second-order valence-electron chi connectivity index (χ2n) is 8.82. The largest absolute Gasteiger partial charge is 0.371 e. The third-order valence-electron chi connectivity index (χ3n) is 6.78. The molecule has 2 aromatic heterocycles. The molecular weight excluding hydrogens is 449 g/mol. The zero-order valence-corrected chi connectivity index (χ0v) is 19.3. The topological polar surface area (TPSA) is 72.3 Å². The van der Waals surface area contributed by atoms with Crippen molar-refractivity contribution in [1.29, 1.82) is 0 Å². The maximum Gasteiger partial charge on any atom is 0.255 e. The molecule has 1 spiro atoms. The van der Waals surface area contributed by atoms with Crippen LogP contribution in [0.2, 0.25) is 0 Å². The van der Waals surface area contributed by atoms with E-state index in [0.717, 1.165) is 29.7 Å². The number of aromatic nitrogens is 3. The fourth-order valence-electron chi connectivity index (χ4n) is 5.45. The number of carbonyl (C=O) groups is 1. The second-order valence-corrected chi connectivity index (χ2v) is 8.82. The zero-order chi connectivity index (χ0) is 20.1. The van der Waals surface area contributed by atoms with Crippen LogP contribution in [0.25, 0.3) is 16.9 Å². The lowest BCUT2D eigenvalue weighted by molar-refractivity contribution is -0.122. The molecule has 1 aromatic carbocycles. The first kappa shape index (κ1) is 23.0. The molecule has 1 amide bonds. The molecule has 6 rings (SSSR count). The van der Waals surface area contributed by atoms with E-state index in [1.165, 1.54) is 12.8 Å². The Morgan fingerprint density at radius 3 is 2.59 bits per heavy atom. The van der Waals surface area contributed by atoms with Crippen molar-refractivity contribution in [3.63, 3.8) is 0 Å². The third-order valence-corrected chi connectivity index (χ3v) is 6.78. The lowest BCUT2D eigenvalue weighted by Crippen LogP contribution is -2.60. The fraction of sp³-hybridized carbons (Fsp3) is 0.435. The molecule has 0 radical (unpaired) electrons. The van der Waals surface area contributed by atoms with Crippen molar-refractivity contribution >= 4 is 41.9 Å². The summed E-state index contributed by atoms with van der Waals surface area (Å²) in [5, 5.41) is 3.67. The highest BCUT2D eigenvalue weighted by Crippen LogP contribution is 2.38. The molecule has 170 valence electrons. The van der Waals surface area contributed by atoms with Crippen LogP contribution in [0.4, 0.5) is 0 Å². The third kappa shape index (κ3) is 3.99. The number of carbonyl (C=O) groups excluding carboxylic acids is 1. The van der Waals surface area contributed by atoms with Gasteiger partial charge in [0.1, 0.15) is 11.8 Å². The van der Waals surface area contributed by atoms with E-state index in [9.17, 15) is 4.79 Å². The Hall–Kier alpha value is -2.19. The number of fused-ring (bicyclic) bond motifs is 3. The summed E-state index contributed by atoms with van der Waals surface area (Å²) in [6, 6.07) is 12.9. The van der Waals surface area contributed by atoms with Crippen LogP contribution in [0.1, 0.15) is 36.0 Å². The van der Waals surface area contributed by atoms with Gasteiger partial charge in [-0.05, 0) is 43.9 Å². The number of hydrogen-bond acceptors (Lipinski definition) is 5. The molecule has 3 saturated heterocycles. The Kier molecular flexibility index (Phi) is 6.45. The Bertz CT molecular complexity index is 1090. The van der Waals surface area contributed by atoms with Crippen molar-refractivity contribution in [3.05, 3.63) is 54.5 Å².